The molecule has 0 amide bonds. The molecule has 0 bridgehead atoms. The molecule has 0 saturated heterocycles. The average Bonchev–Trinajstić information content (AvgIpc) is 2.17. The minimum atomic E-state index is -0.500. The van der Waals surface area contributed by atoms with Crippen LogP contribution in [0.2, 0.25) is 0 Å². The van der Waals surface area contributed by atoms with Crippen molar-refractivity contribution in [2.45, 2.75) is 27.7 Å². The van der Waals surface area contributed by atoms with Gasteiger partial charge in [0.2, 0.25) is 0 Å². The molecule has 0 aromatic rings. The third-order valence-corrected chi connectivity index (χ3v) is 1.97. The zero-order valence-electron chi connectivity index (χ0n) is 9.77. The van der Waals surface area contributed by atoms with Crippen LogP contribution >= 0.6 is 24.4 Å². The number of nitrogens with two attached hydrogens (primary N) is 1. The van der Waals surface area contributed by atoms with Gasteiger partial charge in [-0.2, -0.15) is 0 Å². The summed E-state index contributed by atoms with van der Waals surface area (Å²) in [6.45, 7) is 8.27. The third-order valence-electron chi connectivity index (χ3n) is 1.82. The van der Waals surface area contributed by atoms with Gasteiger partial charge in [0.1, 0.15) is 0 Å². The molecule has 0 saturated carbocycles. The Labute approximate surface area is 143 Å². The molecule has 8 heteroatoms. The van der Waals surface area contributed by atoms with E-state index in [9.17, 15) is 0 Å². The molecule has 0 aliphatic heterocycles. The van der Waals surface area contributed by atoms with Crippen LogP contribution in [0.25, 0.3) is 0 Å². The molecule has 0 unspecified atom stereocenters. The van der Waals surface area contributed by atoms with Gasteiger partial charge >= 0.3 is 29.6 Å². The summed E-state index contributed by atoms with van der Waals surface area (Å²) in [5.74, 6) is 0. The van der Waals surface area contributed by atoms with Gasteiger partial charge in [0, 0.05) is 6.54 Å². The minimum absolute atomic E-state index is 0. The van der Waals surface area contributed by atoms with Crippen molar-refractivity contribution < 1.29 is 10.2 Å². The Kier molecular flexibility index (Phi) is 29.3. The summed E-state index contributed by atoms with van der Waals surface area (Å²) in [7, 11) is 0. The number of hydrogen-bond donors (Lipinski definition) is 4. The van der Waals surface area contributed by atoms with E-state index in [-0.39, 0.29) is 42.2 Å². The van der Waals surface area contributed by atoms with E-state index in [1.165, 1.54) is 0 Å². The number of rotatable bonds is 6. The number of nitrogens with one attached hydrogen (secondary N) is 1. The first kappa shape index (κ1) is 26.8. The molecule has 0 aliphatic rings. The maximum absolute atomic E-state index is 8.64. The predicted molar refractivity (Wildman–Crippen MR) is 88.9 cm³/mol. The summed E-state index contributed by atoms with van der Waals surface area (Å²) in [4.78, 5) is 2.34. The molecule has 18 heavy (non-hydrogen) atoms. The molecule has 0 aromatic carbocycles. The van der Waals surface area contributed by atoms with Gasteiger partial charge in [-0.1, -0.05) is 21.3 Å². The number of nitrogens with zero attached hydrogens (tertiary/aromatic N) is 1. The van der Waals surface area contributed by atoms with Gasteiger partial charge in [-0.25, -0.2) is 0 Å². The summed E-state index contributed by atoms with van der Waals surface area (Å²) in [6.07, 6.45) is 1.02. The molecular formula is C10H26N3NaO2S2. The van der Waals surface area contributed by atoms with Gasteiger partial charge in [-0.15, -0.1) is 0 Å². The number of aliphatic hydroxyl groups excluding tert-OH is 2. The predicted octanol–water partition coefficient (Wildman–Crippen LogP) is 0.926. The summed E-state index contributed by atoms with van der Waals surface area (Å²) >= 11 is 8.33. The Hall–Kier alpha value is 0.340. The van der Waals surface area contributed by atoms with E-state index in [4.69, 9.17) is 10.2 Å². The molecule has 0 rings (SSSR count). The van der Waals surface area contributed by atoms with Gasteiger partial charge in [0.15, 0.2) is 0 Å². The molecule has 0 heterocycles. The molecule has 5 nitrogen and oxygen atoms in total. The zero-order valence-corrected chi connectivity index (χ0v) is 11.4. The van der Waals surface area contributed by atoms with Gasteiger partial charge in [0.05, 0.1) is 0 Å². The van der Waals surface area contributed by atoms with E-state index in [0.717, 1.165) is 32.6 Å². The normalized spacial score (nSPS) is 8.17. The fraction of sp³-hybridized carbons (Fsp3) is 0.800. The van der Waals surface area contributed by atoms with Gasteiger partial charge in [-0.3, -0.25) is 0 Å². The molecular weight excluding hydrogens is 281 g/mol. The maximum atomic E-state index is 8.64. The van der Waals surface area contributed by atoms with Gasteiger partial charge in [-0.05, 0) is 50.5 Å². The van der Waals surface area contributed by atoms with Crippen LogP contribution in [0.1, 0.15) is 27.7 Å². The van der Waals surface area contributed by atoms with Crippen LogP contribution in [0.15, 0.2) is 0 Å². The SMILES string of the molecule is C.CCN(CC)CCCNC(O)=S.NC(O)=S.[NaH]. The second-order valence-electron chi connectivity index (χ2n) is 2.95. The number of aliphatic hydroxyl groups is 2. The molecule has 0 fully saturated rings. The molecule has 106 valence electrons. The van der Waals surface area contributed by atoms with Crippen molar-refractivity contribution in [2.75, 3.05) is 26.2 Å². The number of hydrogen-bond acceptors (Lipinski definition) is 3. The van der Waals surface area contributed by atoms with Crippen molar-refractivity contribution in [3.63, 3.8) is 0 Å². The summed E-state index contributed by atoms with van der Waals surface area (Å²) in [5.41, 5.74) is 4.40. The van der Waals surface area contributed by atoms with Crippen molar-refractivity contribution in [3.8, 4) is 0 Å². The van der Waals surface area contributed by atoms with E-state index >= 15 is 0 Å². The Morgan fingerprint density at radius 1 is 1.22 bits per heavy atom. The quantitative estimate of drug-likeness (QED) is 0.330. The molecule has 0 aromatic heterocycles. The van der Waals surface area contributed by atoms with E-state index in [1.807, 2.05) is 0 Å². The van der Waals surface area contributed by atoms with Gasteiger partial charge < -0.3 is 26.2 Å². The van der Waals surface area contributed by atoms with Crippen molar-refractivity contribution in [2.24, 2.45) is 5.73 Å². The van der Waals surface area contributed by atoms with Crippen LogP contribution in [0, 0.1) is 0 Å². The van der Waals surface area contributed by atoms with Crippen molar-refractivity contribution >= 4 is 64.3 Å². The Morgan fingerprint density at radius 2 is 1.61 bits per heavy atom. The van der Waals surface area contributed by atoms with Crippen LogP contribution in [0.3, 0.4) is 0 Å². The van der Waals surface area contributed by atoms with Crippen LogP contribution in [0.5, 0.6) is 0 Å². The van der Waals surface area contributed by atoms with E-state index in [2.05, 4.69) is 54.2 Å². The van der Waals surface area contributed by atoms with Gasteiger partial charge in [0.25, 0.3) is 10.3 Å². The molecule has 0 spiro atoms. The van der Waals surface area contributed by atoms with Crippen molar-refractivity contribution in [1.82, 2.24) is 10.2 Å². The van der Waals surface area contributed by atoms with Crippen LogP contribution < -0.4 is 11.1 Å². The average molecular weight is 307 g/mol. The van der Waals surface area contributed by atoms with Crippen molar-refractivity contribution in [3.05, 3.63) is 0 Å². The Bertz CT molecular complexity index is 202. The molecule has 5 N–H and O–H groups in total. The summed E-state index contributed by atoms with van der Waals surface area (Å²) in [6, 6.07) is 0. The number of thiocarbonyl (C=S) groups is 2. The first-order valence-electron chi connectivity index (χ1n) is 5.11. The first-order chi connectivity index (χ1) is 7.43. The van der Waals surface area contributed by atoms with E-state index in [0.29, 0.717) is 0 Å². The molecule has 0 atom stereocenters. The summed E-state index contributed by atoms with van der Waals surface area (Å²) < 4.78 is 0. The Morgan fingerprint density at radius 3 is 1.89 bits per heavy atom. The second kappa shape index (κ2) is 19.7. The summed E-state index contributed by atoms with van der Waals surface area (Å²) in [5, 5.41) is 18.3. The molecule has 0 radical (unpaired) electrons. The topological polar surface area (TPSA) is 81.8 Å². The fourth-order valence-corrected chi connectivity index (χ4v) is 1.14. The van der Waals surface area contributed by atoms with Crippen LogP contribution in [0.4, 0.5) is 0 Å². The van der Waals surface area contributed by atoms with Crippen molar-refractivity contribution in [1.29, 1.82) is 0 Å². The first-order valence-corrected chi connectivity index (χ1v) is 5.93. The van der Waals surface area contributed by atoms with Crippen LogP contribution in [-0.4, -0.2) is 81.2 Å². The Balaban J connectivity index is -0.000000143. The van der Waals surface area contributed by atoms with E-state index < -0.39 is 5.17 Å². The molecule has 0 aliphatic carbocycles. The standard InChI is InChI=1S/C8H18N2OS.CH3NOS.CH4.Na.H/c1-3-10(4-2)7-5-6-9-8(11)12;2-1(3)4;;;/h3-7H2,1-2H3,(H2,9,11,12);(H3,2,3,4);1H4;;. The second-order valence-corrected chi connectivity index (χ2v) is 3.76. The fourth-order valence-electron chi connectivity index (χ4n) is 1.04. The van der Waals surface area contributed by atoms with Crippen LogP contribution in [-0.2, 0) is 0 Å². The third kappa shape index (κ3) is 29.9. The van der Waals surface area contributed by atoms with E-state index in [1.54, 1.807) is 0 Å². The zero-order chi connectivity index (χ0) is 13.0. The monoisotopic (exact) mass is 307 g/mol.